The Bertz CT molecular complexity index is 774. The Morgan fingerprint density at radius 2 is 1.81 bits per heavy atom. The van der Waals surface area contributed by atoms with Crippen molar-refractivity contribution in [3.63, 3.8) is 0 Å². The van der Waals surface area contributed by atoms with Gasteiger partial charge < -0.3 is 16.6 Å². The van der Waals surface area contributed by atoms with Gasteiger partial charge in [0.15, 0.2) is 0 Å². The third-order valence-electron chi connectivity index (χ3n) is 4.12. The largest absolute Gasteiger partial charge is 0.481 e. The lowest BCUT2D eigenvalue weighted by Crippen LogP contribution is -2.12. The minimum Gasteiger partial charge on any atom is -0.481 e. The molecule has 2 aromatic heterocycles. The van der Waals surface area contributed by atoms with E-state index in [1.165, 1.54) is 0 Å². The Hall–Kier alpha value is -3.10. The SMILES string of the molecule is Cc1ncc(C(CC(=O)O)CC(=O)CCCCc2cc(N)nc(N)n2)cn1. The van der Waals surface area contributed by atoms with Crippen molar-refractivity contribution in [2.75, 3.05) is 11.5 Å². The predicted molar refractivity (Wildman–Crippen MR) is 99.8 cm³/mol. The number of nitrogen functional groups attached to an aromatic ring is 2. The molecule has 0 spiro atoms. The molecule has 9 nitrogen and oxygen atoms in total. The van der Waals surface area contributed by atoms with Gasteiger partial charge in [0.25, 0.3) is 0 Å². The Kier molecular flexibility index (Phi) is 7.16. The summed E-state index contributed by atoms with van der Waals surface area (Å²) in [5, 5.41) is 9.11. The first-order valence-corrected chi connectivity index (χ1v) is 8.74. The van der Waals surface area contributed by atoms with Crippen molar-refractivity contribution in [1.29, 1.82) is 0 Å². The van der Waals surface area contributed by atoms with E-state index in [9.17, 15) is 9.59 Å². The van der Waals surface area contributed by atoms with Gasteiger partial charge in [-0.15, -0.1) is 0 Å². The first kappa shape index (κ1) is 20.2. The highest BCUT2D eigenvalue weighted by Gasteiger charge is 2.20. The van der Waals surface area contributed by atoms with E-state index in [-0.39, 0.29) is 24.6 Å². The lowest BCUT2D eigenvalue weighted by molar-refractivity contribution is -0.137. The number of aryl methyl sites for hydroxylation is 2. The second kappa shape index (κ2) is 9.56. The van der Waals surface area contributed by atoms with Crippen LogP contribution in [0.4, 0.5) is 11.8 Å². The predicted octanol–water partition coefficient (Wildman–Crippen LogP) is 1.67. The van der Waals surface area contributed by atoms with Gasteiger partial charge in [0.2, 0.25) is 5.95 Å². The second-order valence-electron chi connectivity index (χ2n) is 6.45. The molecule has 1 unspecified atom stereocenters. The minimum atomic E-state index is -0.952. The highest BCUT2D eigenvalue weighted by Crippen LogP contribution is 2.24. The van der Waals surface area contributed by atoms with Crippen LogP contribution in [0.2, 0.25) is 0 Å². The normalized spacial score (nSPS) is 11.9. The van der Waals surface area contributed by atoms with E-state index >= 15 is 0 Å². The average molecular weight is 372 g/mol. The van der Waals surface area contributed by atoms with E-state index in [4.69, 9.17) is 16.6 Å². The molecule has 0 fully saturated rings. The maximum absolute atomic E-state index is 12.3. The number of Topliss-reactive ketones (excluding diaryl/α,β-unsaturated/α-hetero) is 1. The van der Waals surface area contributed by atoms with E-state index in [0.717, 1.165) is 12.1 Å². The number of carbonyl (C=O) groups is 2. The molecule has 9 heteroatoms. The number of hydrogen-bond donors (Lipinski definition) is 3. The van der Waals surface area contributed by atoms with Crippen LogP contribution in [0.5, 0.6) is 0 Å². The number of hydrogen-bond acceptors (Lipinski definition) is 8. The Labute approximate surface area is 157 Å². The molecule has 0 aliphatic heterocycles. The van der Waals surface area contributed by atoms with Gasteiger partial charge in [-0.1, -0.05) is 0 Å². The van der Waals surface area contributed by atoms with Gasteiger partial charge in [0.1, 0.15) is 17.4 Å². The summed E-state index contributed by atoms with van der Waals surface area (Å²) in [7, 11) is 0. The van der Waals surface area contributed by atoms with Crippen molar-refractivity contribution in [1.82, 2.24) is 19.9 Å². The Balaban J connectivity index is 1.84. The number of aliphatic carboxylic acids is 1. The van der Waals surface area contributed by atoms with Crippen molar-refractivity contribution in [2.45, 2.75) is 51.4 Å². The van der Waals surface area contributed by atoms with Gasteiger partial charge in [-0.2, -0.15) is 4.98 Å². The molecule has 0 amide bonds. The summed E-state index contributed by atoms with van der Waals surface area (Å²) in [6.45, 7) is 1.75. The fourth-order valence-corrected chi connectivity index (χ4v) is 2.80. The number of ketones is 1. The summed E-state index contributed by atoms with van der Waals surface area (Å²) in [6, 6.07) is 1.67. The summed E-state index contributed by atoms with van der Waals surface area (Å²) in [5.74, 6) is -0.290. The molecule has 27 heavy (non-hydrogen) atoms. The first-order chi connectivity index (χ1) is 12.8. The van der Waals surface area contributed by atoms with Gasteiger partial charge in [0.05, 0.1) is 6.42 Å². The monoisotopic (exact) mass is 372 g/mol. The van der Waals surface area contributed by atoms with Crippen molar-refractivity contribution in [3.05, 3.63) is 35.5 Å². The van der Waals surface area contributed by atoms with Crippen LogP contribution in [-0.4, -0.2) is 36.8 Å². The van der Waals surface area contributed by atoms with E-state index < -0.39 is 11.9 Å². The van der Waals surface area contributed by atoms with Crippen LogP contribution in [0.3, 0.4) is 0 Å². The Morgan fingerprint density at radius 1 is 1.11 bits per heavy atom. The minimum absolute atomic E-state index is 0.0172. The van der Waals surface area contributed by atoms with E-state index in [2.05, 4.69) is 19.9 Å². The van der Waals surface area contributed by atoms with E-state index in [1.807, 2.05) is 0 Å². The van der Waals surface area contributed by atoms with Gasteiger partial charge in [-0.25, -0.2) is 15.0 Å². The highest BCUT2D eigenvalue weighted by molar-refractivity contribution is 5.80. The summed E-state index contributed by atoms with van der Waals surface area (Å²) in [5.41, 5.74) is 12.6. The van der Waals surface area contributed by atoms with Gasteiger partial charge in [0, 0.05) is 42.9 Å². The third-order valence-corrected chi connectivity index (χ3v) is 4.12. The number of carboxylic acid groups (broad SMARTS) is 1. The number of anilines is 2. The van der Waals surface area contributed by atoms with E-state index in [0.29, 0.717) is 36.5 Å². The molecule has 0 saturated heterocycles. The van der Waals surface area contributed by atoms with Crippen molar-refractivity contribution in [2.24, 2.45) is 0 Å². The number of carboxylic acids is 1. The lowest BCUT2D eigenvalue weighted by atomic mass is 9.91. The zero-order valence-electron chi connectivity index (χ0n) is 15.3. The van der Waals surface area contributed by atoms with Crippen LogP contribution in [0, 0.1) is 6.92 Å². The summed E-state index contributed by atoms with van der Waals surface area (Å²) >= 11 is 0. The molecule has 0 radical (unpaired) electrons. The molecule has 2 heterocycles. The van der Waals surface area contributed by atoms with Gasteiger partial charge in [-0.05, 0) is 31.7 Å². The van der Waals surface area contributed by atoms with Crippen LogP contribution < -0.4 is 11.5 Å². The van der Waals surface area contributed by atoms with Crippen molar-refractivity contribution in [3.8, 4) is 0 Å². The van der Waals surface area contributed by atoms with Crippen LogP contribution in [-0.2, 0) is 16.0 Å². The van der Waals surface area contributed by atoms with Crippen LogP contribution in [0.1, 0.15) is 55.1 Å². The van der Waals surface area contributed by atoms with Crippen molar-refractivity contribution >= 4 is 23.5 Å². The fraction of sp³-hybridized carbons (Fsp3) is 0.444. The Morgan fingerprint density at radius 3 is 2.44 bits per heavy atom. The number of aromatic nitrogens is 4. The van der Waals surface area contributed by atoms with Crippen LogP contribution in [0.25, 0.3) is 0 Å². The zero-order chi connectivity index (χ0) is 19.8. The molecule has 0 aliphatic rings. The van der Waals surface area contributed by atoms with Crippen molar-refractivity contribution < 1.29 is 14.7 Å². The standard InChI is InChI=1S/C18H24N6O3/c1-11-21-9-13(10-22-11)12(7-17(26)27)6-15(25)5-3-2-4-14-8-16(19)24-18(20)23-14/h8-10,12H,2-7H2,1H3,(H,26,27)(H4,19,20,23,24). The maximum Gasteiger partial charge on any atom is 0.303 e. The van der Waals surface area contributed by atoms with Crippen LogP contribution >= 0.6 is 0 Å². The molecule has 2 rings (SSSR count). The molecule has 0 aromatic carbocycles. The molecule has 0 aliphatic carbocycles. The summed E-state index contributed by atoms with van der Waals surface area (Å²) in [6.07, 6.45) is 5.66. The molecule has 0 bridgehead atoms. The number of nitrogens with two attached hydrogens (primary N) is 2. The number of nitrogens with zero attached hydrogens (tertiary/aromatic N) is 4. The third kappa shape index (κ3) is 6.96. The summed E-state index contributed by atoms with van der Waals surface area (Å²) < 4.78 is 0. The topological polar surface area (TPSA) is 158 Å². The fourth-order valence-electron chi connectivity index (χ4n) is 2.80. The molecule has 2 aromatic rings. The molecular weight excluding hydrogens is 348 g/mol. The quantitative estimate of drug-likeness (QED) is 0.527. The zero-order valence-corrected chi connectivity index (χ0v) is 15.3. The molecule has 1 atom stereocenters. The van der Waals surface area contributed by atoms with E-state index in [1.54, 1.807) is 25.4 Å². The molecule has 5 N–H and O–H groups in total. The number of rotatable bonds is 10. The first-order valence-electron chi connectivity index (χ1n) is 8.74. The average Bonchev–Trinajstić information content (AvgIpc) is 2.57. The highest BCUT2D eigenvalue weighted by atomic mass is 16.4. The summed E-state index contributed by atoms with van der Waals surface area (Å²) in [4.78, 5) is 39.5. The van der Waals surface area contributed by atoms with Crippen LogP contribution in [0.15, 0.2) is 18.5 Å². The second-order valence-corrected chi connectivity index (χ2v) is 6.45. The maximum atomic E-state index is 12.3. The number of unbranched alkanes of at least 4 members (excludes halogenated alkanes) is 1. The van der Waals surface area contributed by atoms with Gasteiger partial charge in [-0.3, -0.25) is 9.59 Å². The molecule has 144 valence electrons. The molecule has 0 saturated carbocycles. The lowest BCUT2D eigenvalue weighted by Gasteiger charge is -2.14. The number of carbonyl (C=O) groups excluding carboxylic acids is 1. The smallest absolute Gasteiger partial charge is 0.303 e. The molecular formula is C18H24N6O3. The van der Waals surface area contributed by atoms with Gasteiger partial charge >= 0.3 is 5.97 Å².